The Kier molecular flexibility index (Phi) is 2.75. The predicted octanol–water partition coefficient (Wildman–Crippen LogP) is 4.04. The smallest absolute Gasteiger partial charge is 0.168 e. The van der Waals surface area contributed by atoms with Crippen LogP contribution in [-0.4, -0.2) is 7.11 Å². The first-order valence-corrected chi connectivity index (χ1v) is 5.96. The number of benzene rings is 1. The van der Waals surface area contributed by atoms with Gasteiger partial charge in [0.25, 0.3) is 0 Å². The van der Waals surface area contributed by atoms with E-state index in [0.717, 1.165) is 12.0 Å². The van der Waals surface area contributed by atoms with E-state index in [9.17, 15) is 4.39 Å². The van der Waals surface area contributed by atoms with Gasteiger partial charge in [-0.3, -0.25) is 0 Å². The monoisotopic (exact) mass is 272 g/mol. The molecule has 1 nitrogen and oxygen atoms in total. The summed E-state index contributed by atoms with van der Waals surface area (Å²) in [7, 11) is 1.48. The lowest BCUT2D eigenvalue weighted by atomic mass is 9.93. The topological polar surface area (TPSA) is 9.23 Å². The van der Waals surface area contributed by atoms with E-state index in [1.165, 1.54) is 20.0 Å². The van der Waals surface area contributed by atoms with Crippen LogP contribution in [0.1, 0.15) is 31.7 Å². The lowest BCUT2D eigenvalue weighted by Crippen LogP contribution is -2.05. The SMILES string of the molecule is CCC1(c2cc(F)c(OC)c(Br)c2)CC1. The zero-order chi connectivity index (χ0) is 11.1. The third kappa shape index (κ3) is 1.78. The molecular weight excluding hydrogens is 259 g/mol. The van der Waals surface area contributed by atoms with Crippen molar-refractivity contribution in [3.63, 3.8) is 0 Å². The molecule has 0 N–H and O–H groups in total. The Hall–Kier alpha value is -0.570. The Morgan fingerprint density at radius 3 is 2.53 bits per heavy atom. The van der Waals surface area contributed by atoms with Crippen LogP contribution < -0.4 is 4.74 Å². The van der Waals surface area contributed by atoms with Gasteiger partial charge < -0.3 is 4.74 Å². The summed E-state index contributed by atoms with van der Waals surface area (Å²) in [6.07, 6.45) is 3.41. The second-order valence-corrected chi connectivity index (χ2v) is 4.96. The van der Waals surface area contributed by atoms with Crippen molar-refractivity contribution in [1.29, 1.82) is 0 Å². The Morgan fingerprint density at radius 2 is 2.13 bits per heavy atom. The molecule has 1 aliphatic carbocycles. The highest BCUT2D eigenvalue weighted by Crippen LogP contribution is 2.52. The molecule has 0 atom stereocenters. The van der Waals surface area contributed by atoms with Gasteiger partial charge in [0.2, 0.25) is 0 Å². The minimum atomic E-state index is -0.276. The third-order valence-corrected chi connectivity index (χ3v) is 3.93. The fourth-order valence-corrected chi connectivity index (χ4v) is 2.66. The van der Waals surface area contributed by atoms with Crippen LogP contribution in [0.15, 0.2) is 16.6 Å². The molecule has 1 aliphatic rings. The minimum Gasteiger partial charge on any atom is -0.492 e. The molecule has 1 aromatic rings. The number of methoxy groups -OCH3 is 1. The molecule has 3 heteroatoms. The van der Waals surface area contributed by atoms with E-state index >= 15 is 0 Å². The molecule has 0 spiro atoms. The summed E-state index contributed by atoms with van der Waals surface area (Å²) >= 11 is 3.34. The molecule has 82 valence electrons. The first-order valence-electron chi connectivity index (χ1n) is 5.16. The van der Waals surface area contributed by atoms with Gasteiger partial charge in [0.05, 0.1) is 11.6 Å². The van der Waals surface area contributed by atoms with Gasteiger partial charge in [-0.1, -0.05) is 6.92 Å². The average Bonchev–Trinajstić information content (AvgIpc) is 2.97. The molecule has 0 radical (unpaired) electrons. The van der Waals surface area contributed by atoms with Crippen LogP contribution in [-0.2, 0) is 5.41 Å². The fourth-order valence-electron chi connectivity index (χ4n) is 2.06. The third-order valence-electron chi connectivity index (χ3n) is 3.35. The molecule has 1 saturated carbocycles. The molecule has 0 amide bonds. The van der Waals surface area contributed by atoms with Crippen LogP contribution in [0.5, 0.6) is 5.75 Å². The first kappa shape index (κ1) is 10.9. The molecule has 0 bridgehead atoms. The van der Waals surface area contributed by atoms with E-state index in [-0.39, 0.29) is 11.2 Å². The summed E-state index contributed by atoms with van der Waals surface area (Å²) in [6.45, 7) is 2.16. The number of rotatable bonds is 3. The van der Waals surface area contributed by atoms with Crippen molar-refractivity contribution < 1.29 is 9.13 Å². The summed E-state index contributed by atoms with van der Waals surface area (Å²) < 4.78 is 19.3. The van der Waals surface area contributed by atoms with E-state index in [1.54, 1.807) is 6.07 Å². The van der Waals surface area contributed by atoms with Crippen molar-refractivity contribution in [2.75, 3.05) is 7.11 Å². The average molecular weight is 273 g/mol. The molecular formula is C12H14BrFO. The largest absolute Gasteiger partial charge is 0.492 e. The van der Waals surface area contributed by atoms with E-state index in [4.69, 9.17) is 4.74 Å². The van der Waals surface area contributed by atoms with Crippen LogP contribution in [0.25, 0.3) is 0 Å². The van der Waals surface area contributed by atoms with Gasteiger partial charge in [-0.15, -0.1) is 0 Å². The highest BCUT2D eigenvalue weighted by Gasteiger charge is 2.42. The number of ether oxygens (including phenoxy) is 1. The van der Waals surface area contributed by atoms with Crippen LogP contribution in [0.2, 0.25) is 0 Å². The van der Waals surface area contributed by atoms with Crippen molar-refractivity contribution >= 4 is 15.9 Å². The summed E-state index contributed by atoms with van der Waals surface area (Å²) in [5.74, 6) is 0.0206. The van der Waals surface area contributed by atoms with Gasteiger partial charge in [-0.25, -0.2) is 4.39 Å². The number of halogens is 2. The van der Waals surface area contributed by atoms with Crippen molar-refractivity contribution in [3.05, 3.63) is 28.0 Å². The maximum atomic E-state index is 13.7. The van der Waals surface area contributed by atoms with Crippen molar-refractivity contribution in [1.82, 2.24) is 0 Å². The van der Waals surface area contributed by atoms with E-state index < -0.39 is 0 Å². The van der Waals surface area contributed by atoms with Gasteiger partial charge in [0, 0.05) is 0 Å². The zero-order valence-electron chi connectivity index (χ0n) is 8.94. The van der Waals surface area contributed by atoms with E-state index in [2.05, 4.69) is 22.9 Å². The lowest BCUT2D eigenvalue weighted by molar-refractivity contribution is 0.383. The second-order valence-electron chi connectivity index (χ2n) is 4.11. The molecule has 0 heterocycles. The Labute approximate surface area is 97.8 Å². The molecule has 15 heavy (non-hydrogen) atoms. The molecule has 0 aliphatic heterocycles. The van der Waals surface area contributed by atoms with Gasteiger partial charge in [-0.2, -0.15) is 0 Å². The highest BCUT2D eigenvalue weighted by atomic mass is 79.9. The number of hydrogen-bond acceptors (Lipinski definition) is 1. The normalized spacial score (nSPS) is 17.6. The quantitative estimate of drug-likeness (QED) is 0.807. The molecule has 0 aromatic heterocycles. The Morgan fingerprint density at radius 1 is 1.47 bits per heavy atom. The van der Waals surface area contributed by atoms with E-state index in [1.807, 2.05) is 6.07 Å². The maximum absolute atomic E-state index is 13.7. The maximum Gasteiger partial charge on any atom is 0.168 e. The summed E-state index contributed by atoms with van der Waals surface area (Å²) in [5.41, 5.74) is 1.32. The van der Waals surface area contributed by atoms with Crippen LogP contribution in [0.3, 0.4) is 0 Å². The number of hydrogen-bond donors (Lipinski definition) is 0. The summed E-state index contributed by atoms with van der Waals surface area (Å²) in [5, 5.41) is 0. The second kappa shape index (κ2) is 3.78. The van der Waals surface area contributed by atoms with Crippen LogP contribution in [0.4, 0.5) is 4.39 Å². The Balaban J connectivity index is 2.44. The minimum absolute atomic E-state index is 0.232. The van der Waals surface area contributed by atoms with Crippen molar-refractivity contribution in [3.8, 4) is 5.75 Å². The standard InChI is InChI=1S/C12H14BrFO/c1-3-12(4-5-12)8-6-9(13)11(15-2)10(14)7-8/h6-7H,3-5H2,1-2H3. The zero-order valence-corrected chi connectivity index (χ0v) is 10.5. The highest BCUT2D eigenvalue weighted by molar-refractivity contribution is 9.10. The molecule has 0 saturated heterocycles. The Bertz CT molecular complexity index is 362. The first-order chi connectivity index (χ1) is 7.13. The van der Waals surface area contributed by atoms with Crippen molar-refractivity contribution in [2.45, 2.75) is 31.6 Å². The lowest BCUT2D eigenvalue weighted by Gasteiger charge is -2.15. The van der Waals surface area contributed by atoms with Gasteiger partial charge in [0.1, 0.15) is 0 Å². The van der Waals surface area contributed by atoms with Crippen molar-refractivity contribution in [2.24, 2.45) is 0 Å². The van der Waals surface area contributed by atoms with E-state index in [0.29, 0.717) is 10.2 Å². The summed E-state index contributed by atoms with van der Waals surface area (Å²) in [4.78, 5) is 0. The molecule has 0 unspecified atom stereocenters. The fraction of sp³-hybridized carbons (Fsp3) is 0.500. The van der Waals surface area contributed by atoms with Gasteiger partial charge in [0.15, 0.2) is 11.6 Å². The van der Waals surface area contributed by atoms with Crippen LogP contribution >= 0.6 is 15.9 Å². The predicted molar refractivity (Wildman–Crippen MR) is 61.9 cm³/mol. The molecule has 1 aromatic carbocycles. The van der Waals surface area contributed by atoms with Crippen LogP contribution in [0, 0.1) is 5.82 Å². The summed E-state index contributed by atoms with van der Waals surface area (Å²) in [6, 6.07) is 3.60. The molecule has 2 rings (SSSR count). The van der Waals surface area contributed by atoms with Gasteiger partial charge >= 0.3 is 0 Å². The van der Waals surface area contributed by atoms with Gasteiger partial charge in [-0.05, 0) is 58.3 Å². The molecule has 1 fully saturated rings.